The molecule has 6 aromatic rings. The fourth-order valence-corrected chi connectivity index (χ4v) is 8.59. The summed E-state index contributed by atoms with van der Waals surface area (Å²) in [6, 6.07) is 59.6. The fraction of sp³-hybridized carbons (Fsp3) is 0.356. The molecule has 6 aromatic carbocycles. The van der Waals surface area contributed by atoms with Crippen LogP contribution in [0.25, 0.3) is 0 Å². The van der Waals surface area contributed by atoms with Gasteiger partial charge in [-0.1, -0.05) is 188 Å². The van der Waals surface area contributed by atoms with Crippen LogP contribution in [0, 0.1) is 0 Å². The Bertz CT molecular complexity index is 2330. The van der Waals surface area contributed by atoms with E-state index in [0.717, 1.165) is 46.2 Å². The van der Waals surface area contributed by atoms with E-state index in [1.165, 1.54) is 0 Å². The van der Waals surface area contributed by atoms with Gasteiger partial charge in [0.1, 0.15) is 48.8 Å². The third-order valence-electron chi connectivity index (χ3n) is 12.3. The predicted octanol–water partition coefficient (Wildman–Crippen LogP) is 9.94. The number of hydrogen-bond donors (Lipinski definition) is 1. The SMILES string of the molecule is C=CCCCOC1OC(COC2OC(COCc3ccccc3)C(OCc3ccccc3)C(OCc3ccccc3)C2O)C(OCc2ccccc2)C(OCc2ccccc2)C1OCc1ccccc1. The van der Waals surface area contributed by atoms with Gasteiger partial charge in [0.25, 0.3) is 0 Å². The summed E-state index contributed by atoms with van der Waals surface area (Å²) < 4.78 is 67.2. The van der Waals surface area contributed by atoms with Crippen molar-refractivity contribution in [2.75, 3.05) is 19.8 Å². The standard InChI is InChI=1S/C59H66O11/c1-2-3-22-35-62-59-57(67-41-49-33-20-9-21-34-49)56(66-40-48-31-18-8-19-32-48)54(64-38-46-27-14-6-15-28-46)51(70-59)43-68-58-52(60)55(65-39-47-29-16-7-17-30-47)53(63-37-45-25-12-5-13-26-45)50(69-58)42-61-36-44-23-10-4-11-24-44/h2,4-21,23-34,50-60H,1,3,22,35-43H2. The molecule has 0 amide bonds. The molecule has 0 saturated carbocycles. The Morgan fingerprint density at radius 3 is 1.19 bits per heavy atom. The maximum atomic E-state index is 12.4. The van der Waals surface area contributed by atoms with Crippen molar-refractivity contribution >= 4 is 0 Å². The lowest BCUT2D eigenvalue weighted by atomic mass is 9.97. The second-order valence-corrected chi connectivity index (χ2v) is 17.5. The summed E-state index contributed by atoms with van der Waals surface area (Å²) >= 11 is 0. The van der Waals surface area contributed by atoms with Gasteiger partial charge in [0.2, 0.25) is 0 Å². The number of hydrogen-bond acceptors (Lipinski definition) is 11. The molecule has 70 heavy (non-hydrogen) atoms. The van der Waals surface area contributed by atoms with E-state index in [9.17, 15) is 5.11 Å². The van der Waals surface area contributed by atoms with E-state index < -0.39 is 61.4 Å². The van der Waals surface area contributed by atoms with Crippen LogP contribution in [0.15, 0.2) is 195 Å². The number of ether oxygens (including phenoxy) is 10. The molecule has 2 aliphatic heterocycles. The van der Waals surface area contributed by atoms with E-state index in [2.05, 4.69) is 6.58 Å². The smallest absolute Gasteiger partial charge is 0.186 e. The van der Waals surface area contributed by atoms with Crippen LogP contribution >= 0.6 is 0 Å². The minimum Gasteiger partial charge on any atom is -0.385 e. The van der Waals surface area contributed by atoms with E-state index in [0.29, 0.717) is 13.2 Å². The molecule has 8 rings (SSSR count). The van der Waals surface area contributed by atoms with Crippen LogP contribution in [0.5, 0.6) is 0 Å². The number of benzene rings is 6. The Kier molecular flexibility index (Phi) is 20.3. The lowest BCUT2D eigenvalue weighted by molar-refractivity contribution is -0.349. The number of unbranched alkanes of at least 4 members (excludes halogenated alkanes) is 1. The molecule has 0 radical (unpaired) electrons. The number of rotatable bonds is 27. The molecule has 368 valence electrons. The highest BCUT2D eigenvalue weighted by Crippen LogP contribution is 2.34. The normalized spacial score (nSPS) is 24.5. The first-order valence-electron chi connectivity index (χ1n) is 24.3. The topological polar surface area (TPSA) is 113 Å². The summed E-state index contributed by atoms with van der Waals surface area (Å²) in [4.78, 5) is 0. The summed E-state index contributed by atoms with van der Waals surface area (Å²) in [6.45, 7) is 5.98. The maximum Gasteiger partial charge on any atom is 0.186 e. The first-order valence-corrected chi connectivity index (χ1v) is 24.3. The summed E-state index contributed by atoms with van der Waals surface area (Å²) in [6.07, 6.45) is -5.28. The molecule has 0 bridgehead atoms. The molecule has 10 unspecified atom stereocenters. The van der Waals surface area contributed by atoms with Crippen molar-refractivity contribution in [3.05, 3.63) is 228 Å². The fourth-order valence-electron chi connectivity index (χ4n) is 8.59. The van der Waals surface area contributed by atoms with Gasteiger partial charge in [0, 0.05) is 0 Å². The summed E-state index contributed by atoms with van der Waals surface area (Å²) in [5.74, 6) is 0. The highest BCUT2D eigenvalue weighted by atomic mass is 16.7. The first kappa shape index (κ1) is 51.0. The molecular formula is C59H66O11. The second kappa shape index (κ2) is 27.9. The van der Waals surface area contributed by atoms with Gasteiger partial charge < -0.3 is 52.5 Å². The maximum absolute atomic E-state index is 12.4. The first-order chi connectivity index (χ1) is 34.6. The van der Waals surface area contributed by atoms with Gasteiger partial charge >= 0.3 is 0 Å². The Hall–Kier alpha value is -5.38. The quantitative estimate of drug-likeness (QED) is 0.0394. The molecular weight excluding hydrogens is 885 g/mol. The average Bonchev–Trinajstić information content (AvgIpc) is 3.41. The Labute approximate surface area is 412 Å². The van der Waals surface area contributed by atoms with Crippen molar-refractivity contribution in [1.82, 2.24) is 0 Å². The van der Waals surface area contributed by atoms with Crippen molar-refractivity contribution < 1.29 is 52.5 Å². The largest absolute Gasteiger partial charge is 0.385 e. The van der Waals surface area contributed by atoms with E-state index in [-0.39, 0.29) is 46.2 Å². The van der Waals surface area contributed by atoms with Gasteiger partial charge in [-0.15, -0.1) is 6.58 Å². The van der Waals surface area contributed by atoms with Crippen LogP contribution < -0.4 is 0 Å². The molecule has 2 heterocycles. The number of aliphatic hydroxyl groups excluding tert-OH is 1. The van der Waals surface area contributed by atoms with Crippen LogP contribution in [0.3, 0.4) is 0 Å². The molecule has 10 atom stereocenters. The number of allylic oxidation sites excluding steroid dienone is 1. The number of aliphatic hydroxyl groups is 1. The monoisotopic (exact) mass is 950 g/mol. The van der Waals surface area contributed by atoms with Crippen LogP contribution in [-0.4, -0.2) is 86.3 Å². The van der Waals surface area contributed by atoms with Crippen molar-refractivity contribution in [3.8, 4) is 0 Å². The molecule has 0 aromatic heterocycles. The minimum atomic E-state index is -1.29. The third-order valence-corrected chi connectivity index (χ3v) is 12.3. The van der Waals surface area contributed by atoms with Crippen molar-refractivity contribution in [1.29, 1.82) is 0 Å². The van der Waals surface area contributed by atoms with Gasteiger partial charge in [0.15, 0.2) is 12.6 Å². The Balaban J connectivity index is 1.09. The molecule has 2 fully saturated rings. The van der Waals surface area contributed by atoms with Crippen LogP contribution in [0.4, 0.5) is 0 Å². The Morgan fingerprint density at radius 2 is 0.743 bits per heavy atom. The van der Waals surface area contributed by atoms with Crippen molar-refractivity contribution in [2.24, 2.45) is 0 Å². The molecule has 11 nitrogen and oxygen atoms in total. The third kappa shape index (κ3) is 15.3. The van der Waals surface area contributed by atoms with E-state index in [4.69, 9.17) is 47.4 Å². The van der Waals surface area contributed by atoms with Gasteiger partial charge in [-0.25, -0.2) is 0 Å². The highest BCUT2D eigenvalue weighted by molar-refractivity contribution is 5.18. The van der Waals surface area contributed by atoms with Gasteiger partial charge in [-0.05, 0) is 46.2 Å². The van der Waals surface area contributed by atoms with E-state index >= 15 is 0 Å². The van der Waals surface area contributed by atoms with Crippen LogP contribution in [-0.2, 0) is 87.0 Å². The highest BCUT2D eigenvalue weighted by Gasteiger charge is 2.51. The van der Waals surface area contributed by atoms with E-state index in [1.807, 2.05) is 188 Å². The molecule has 1 N–H and O–H groups in total. The van der Waals surface area contributed by atoms with Crippen LogP contribution in [0.1, 0.15) is 46.2 Å². The summed E-state index contributed by atoms with van der Waals surface area (Å²) in [5, 5.41) is 12.4. The van der Waals surface area contributed by atoms with Gasteiger partial charge in [0.05, 0.1) is 59.5 Å². The lowest BCUT2D eigenvalue weighted by Gasteiger charge is -2.47. The van der Waals surface area contributed by atoms with Gasteiger partial charge in [-0.3, -0.25) is 0 Å². The zero-order chi connectivity index (χ0) is 48.0. The van der Waals surface area contributed by atoms with E-state index in [1.54, 1.807) is 0 Å². The molecule has 11 heteroatoms. The molecule has 2 saturated heterocycles. The summed E-state index contributed by atoms with van der Waals surface area (Å²) in [5.41, 5.74) is 5.86. The van der Waals surface area contributed by atoms with Crippen molar-refractivity contribution in [2.45, 2.75) is 114 Å². The molecule has 0 aliphatic carbocycles. The second-order valence-electron chi connectivity index (χ2n) is 17.5. The zero-order valence-electron chi connectivity index (χ0n) is 39.7. The molecule has 0 spiro atoms. The van der Waals surface area contributed by atoms with Crippen LogP contribution in [0.2, 0.25) is 0 Å². The zero-order valence-corrected chi connectivity index (χ0v) is 39.7. The Morgan fingerprint density at radius 1 is 0.386 bits per heavy atom. The lowest BCUT2D eigenvalue weighted by Crippen LogP contribution is -2.63. The summed E-state index contributed by atoms with van der Waals surface area (Å²) in [7, 11) is 0. The van der Waals surface area contributed by atoms with Gasteiger partial charge in [-0.2, -0.15) is 0 Å². The predicted molar refractivity (Wildman–Crippen MR) is 266 cm³/mol. The molecule has 2 aliphatic rings. The average molecular weight is 951 g/mol. The van der Waals surface area contributed by atoms with Crippen molar-refractivity contribution in [3.63, 3.8) is 0 Å². The minimum absolute atomic E-state index is 0.0805.